The molecule has 24 heavy (non-hydrogen) atoms. The molecule has 2 aliphatic rings. The molecule has 1 aromatic carbocycles. The third-order valence-electron chi connectivity index (χ3n) is 4.35. The number of aliphatic hydroxyl groups is 1. The van der Waals surface area contributed by atoms with Crippen molar-refractivity contribution in [1.82, 2.24) is 5.32 Å². The van der Waals surface area contributed by atoms with Crippen molar-refractivity contribution in [2.45, 2.75) is 30.9 Å². The van der Waals surface area contributed by atoms with E-state index >= 15 is 0 Å². The number of amides is 1. The van der Waals surface area contributed by atoms with Crippen molar-refractivity contribution in [3.05, 3.63) is 23.5 Å². The van der Waals surface area contributed by atoms with E-state index < -0.39 is 17.5 Å². The molecule has 1 aromatic rings. The summed E-state index contributed by atoms with van der Waals surface area (Å²) < 4.78 is 19.5. The van der Waals surface area contributed by atoms with Crippen molar-refractivity contribution < 1.29 is 19.0 Å². The standard InChI is InChI=1S/C15H20FN3O3.2ClH/c16-10-2-3-11(9-1-4-13(20)19-14(9)10)22-8-15(21)5-6-18-7-12(15)17;;/h2-3,12,18,21H,1,4-8,17H2,(H,19,20);2*1H. The fourth-order valence-corrected chi connectivity index (χ4v) is 2.88. The summed E-state index contributed by atoms with van der Waals surface area (Å²) in [6.45, 7) is 1.24. The van der Waals surface area contributed by atoms with E-state index in [1.165, 1.54) is 12.1 Å². The maximum absolute atomic E-state index is 13.8. The lowest BCUT2D eigenvalue weighted by atomic mass is 9.89. The zero-order valence-corrected chi connectivity index (χ0v) is 14.6. The van der Waals surface area contributed by atoms with Gasteiger partial charge in [-0.15, -0.1) is 24.8 Å². The molecule has 3 rings (SSSR count). The Morgan fingerprint density at radius 2 is 2.12 bits per heavy atom. The number of carbonyl (C=O) groups excluding carboxylic acids is 1. The van der Waals surface area contributed by atoms with Crippen molar-refractivity contribution in [1.29, 1.82) is 0 Å². The predicted molar refractivity (Wildman–Crippen MR) is 93.8 cm³/mol. The van der Waals surface area contributed by atoms with Gasteiger partial charge in [-0.05, 0) is 31.5 Å². The highest BCUT2D eigenvalue weighted by atomic mass is 35.5. The van der Waals surface area contributed by atoms with Crippen LogP contribution in [-0.4, -0.2) is 42.4 Å². The molecule has 2 heterocycles. The number of carbonyl (C=O) groups is 1. The number of rotatable bonds is 3. The van der Waals surface area contributed by atoms with Gasteiger partial charge in [-0.25, -0.2) is 4.39 Å². The number of fused-ring (bicyclic) bond motifs is 1. The number of ether oxygens (including phenoxy) is 1. The number of benzene rings is 1. The van der Waals surface area contributed by atoms with Crippen LogP contribution >= 0.6 is 24.8 Å². The number of nitrogens with one attached hydrogen (secondary N) is 2. The molecule has 0 bridgehead atoms. The van der Waals surface area contributed by atoms with Crippen LogP contribution in [0.4, 0.5) is 10.1 Å². The second-order valence-electron chi connectivity index (χ2n) is 5.90. The topological polar surface area (TPSA) is 96.6 Å². The van der Waals surface area contributed by atoms with E-state index in [1.54, 1.807) is 0 Å². The van der Waals surface area contributed by atoms with Crippen molar-refractivity contribution in [2.75, 3.05) is 25.0 Å². The fraction of sp³-hybridized carbons (Fsp3) is 0.533. The summed E-state index contributed by atoms with van der Waals surface area (Å²) in [5.74, 6) is -0.203. The van der Waals surface area contributed by atoms with Crippen molar-refractivity contribution in [2.24, 2.45) is 5.73 Å². The SMILES string of the molecule is Cl.Cl.NC1CNCCC1(O)COc1ccc(F)c2c1CCC(=O)N2. The second kappa shape index (κ2) is 8.31. The first-order valence-electron chi connectivity index (χ1n) is 7.42. The minimum atomic E-state index is -1.11. The average molecular weight is 382 g/mol. The van der Waals surface area contributed by atoms with Crippen LogP contribution < -0.4 is 21.1 Å². The molecule has 2 atom stereocenters. The van der Waals surface area contributed by atoms with Gasteiger partial charge < -0.3 is 26.2 Å². The minimum Gasteiger partial charge on any atom is -0.490 e. The zero-order chi connectivity index (χ0) is 15.7. The van der Waals surface area contributed by atoms with Crippen molar-refractivity contribution >= 4 is 36.4 Å². The van der Waals surface area contributed by atoms with Gasteiger partial charge in [0.25, 0.3) is 0 Å². The van der Waals surface area contributed by atoms with Crippen LogP contribution in [0.25, 0.3) is 0 Å². The molecule has 5 N–H and O–H groups in total. The van der Waals surface area contributed by atoms with E-state index in [0.29, 0.717) is 43.7 Å². The first-order chi connectivity index (χ1) is 10.5. The largest absolute Gasteiger partial charge is 0.490 e. The van der Waals surface area contributed by atoms with E-state index in [2.05, 4.69) is 10.6 Å². The van der Waals surface area contributed by atoms with E-state index in [4.69, 9.17) is 10.5 Å². The van der Waals surface area contributed by atoms with Crippen molar-refractivity contribution in [3.63, 3.8) is 0 Å². The van der Waals surface area contributed by atoms with Gasteiger partial charge in [0, 0.05) is 24.6 Å². The number of hydrogen-bond donors (Lipinski definition) is 4. The van der Waals surface area contributed by atoms with Crippen LogP contribution in [0, 0.1) is 5.82 Å². The Hall–Kier alpha value is -1.12. The zero-order valence-electron chi connectivity index (χ0n) is 13.0. The Labute approximate surface area is 152 Å². The molecule has 136 valence electrons. The molecule has 0 saturated carbocycles. The summed E-state index contributed by atoms with van der Waals surface area (Å²) in [7, 11) is 0. The van der Waals surface area contributed by atoms with E-state index in [0.717, 1.165) is 0 Å². The molecule has 1 amide bonds. The minimum absolute atomic E-state index is 0. The summed E-state index contributed by atoms with van der Waals surface area (Å²) in [4.78, 5) is 11.4. The van der Waals surface area contributed by atoms with Crippen LogP contribution in [0.5, 0.6) is 5.75 Å². The number of hydrogen-bond acceptors (Lipinski definition) is 5. The molecular weight excluding hydrogens is 360 g/mol. The van der Waals surface area contributed by atoms with E-state index in [1.807, 2.05) is 0 Å². The molecule has 0 radical (unpaired) electrons. The number of halogens is 3. The first-order valence-corrected chi connectivity index (χ1v) is 7.42. The Balaban J connectivity index is 0.00000144. The maximum atomic E-state index is 13.8. The van der Waals surface area contributed by atoms with Gasteiger partial charge in [0.05, 0.1) is 5.69 Å². The predicted octanol–water partition coefficient (Wildman–Crippen LogP) is 0.984. The molecule has 0 aliphatic carbocycles. The smallest absolute Gasteiger partial charge is 0.224 e. The summed E-state index contributed by atoms with van der Waals surface area (Å²) in [5, 5.41) is 16.2. The highest BCUT2D eigenvalue weighted by molar-refractivity contribution is 5.94. The number of anilines is 1. The Bertz CT molecular complexity index is 606. The van der Waals surface area contributed by atoms with Gasteiger partial charge in [-0.1, -0.05) is 0 Å². The molecule has 9 heteroatoms. The quantitative estimate of drug-likeness (QED) is 0.625. The third kappa shape index (κ3) is 4.10. The molecule has 1 fully saturated rings. The van der Waals surface area contributed by atoms with Crippen LogP contribution in [0.2, 0.25) is 0 Å². The lowest BCUT2D eigenvalue weighted by molar-refractivity contribution is -0.116. The van der Waals surface area contributed by atoms with Crippen LogP contribution in [0.1, 0.15) is 18.4 Å². The van der Waals surface area contributed by atoms with Gasteiger partial charge in [0.2, 0.25) is 5.91 Å². The summed E-state index contributed by atoms with van der Waals surface area (Å²) in [6.07, 6.45) is 1.20. The van der Waals surface area contributed by atoms with E-state index in [-0.39, 0.29) is 43.0 Å². The molecule has 0 spiro atoms. The number of nitrogens with two attached hydrogens (primary N) is 1. The Kier molecular flexibility index (Phi) is 7.25. The van der Waals surface area contributed by atoms with Gasteiger partial charge in [0.1, 0.15) is 23.8 Å². The molecule has 2 unspecified atom stereocenters. The van der Waals surface area contributed by atoms with Crippen molar-refractivity contribution in [3.8, 4) is 5.75 Å². The van der Waals surface area contributed by atoms with Gasteiger partial charge in [0.15, 0.2) is 0 Å². The van der Waals surface area contributed by atoms with Crippen LogP contribution in [0.3, 0.4) is 0 Å². The lowest BCUT2D eigenvalue weighted by Gasteiger charge is -2.38. The Morgan fingerprint density at radius 1 is 1.38 bits per heavy atom. The summed E-state index contributed by atoms with van der Waals surface area (Å²) >= 11 is 0. The Morgan fingerprint density at radius 3 is 2.83 bits per heavy atom. The average Bonchev–Trinajstić information content (AvgIpc) is 2.50. The fourth-order valence-electron chi connectivity index (χ4n) is 2.88. The summed E-state index contributed by atoms with van der Waals surface area (Å²) in [6, 6.07) is 2.37. The normalized spacial score (nSPS) is 25.6. The maximum Gasteiger partial charge on any atom is 0.224 e. The monoisotopic (exact) mass is 381 g/mol. The molecule has 2 aliphatic heterocycles. The first kappa shape index (κ1) is 20.9. The molecule has 0 aromatic heterocycles. The van der Waals surface area contributed by atoms with Gasteiger partial charge in [-0.2, -0.15) is 0 Å². The number of piperidine rings is 1. The van der Waals surface area contributed by atoms with E-state index in [9.17, 15) is 14.3 Å². The van der Waals surface area contributed by atoms with Gasteiger partial charge >= 0.3 is 0 Å². The summed E-state index contributed by atoms with van der Waals surface area (Å²) in [5.41, 5.74) is 5.65. The van der Waals surface area contributed by atoms with Crippen LogP contribution in [-0.2, 0) is 11.2 Å². The van der Waals surface area contributed by atoms with Gasteiger partial charge in [-0.3, -0.25) is 4.79 Å². The molecule has 6 nitrogen and oxygen atoms in total. The molecule has 1 saturated heterocycles. The lowest BCUT2D eigenvalue weighted by Crippen LogP contribution is -2.61. The molecular formula is C15H22Cl2FN3O3. The highest BCUT2D eigenvalue weighted by Gasteiger charge is 2.38. The highest BCUT2D eigenvalue weighted by Crippen LogP contribution is 2.34. The second-order valence-corrected chi connectivity index (χ2v) is 5.90. The van der Waals surface area contributed by atoms with Crippen LogP contribution in [0.15, 0.2) is 12.1 Å². The third-order valence-corrected chi connectivity index (χ3v) is 4.35.